The van der Waals surface area contributed by atoms with E-state index in [2.05, 4.69) is 17.5 Å². The van der Waals surface area contributed by atoms with Gasteiger partial charge < -0.3 is 14.8 Å². The normalized spacial score (nSPS) is 23.5. The lowest BCUT2D eigenvalue weighted by Gasteiger charge is -2.17. The Hall–Kier alpha value is -2.75. The second-order valence-electron chi connectivity index (χ2n) is 6.65. The first-order valence-corrected chi connectivity index (χ1v) is 8.63. The number of fused-ring (bicyclic) bond motifs is 2. The van der Waals surface area contributed by atoms with E-state index in [1.54, 1.807) is 7.11 Å². The SMILES string of the molecule is COc1ccccc1Oc1ccc(NC(=O)[C@@H]2C[C@H]3C=C[C@H]2C3)cc1. The van der Waals surface area contributed by atoms with E-state index in [0.717, 1.165) is 18.5 Å². The number of para-hydroxylation sites is 2. The fourth-order valence-electron chi connectivity index (χ4n) is 3.75. The van der Waals surface area contributed by atoms with Crippen molar-refractivity contribution in [3.63, 3.8) is 0 Å². The number of methoxy groups -OCH3 is 1. The van der Waals surface area contributed by atoms with Crippen LogP contribution in [0.4, 0.5) is 5.69 Å². The van der Waals surface area contributed by atoms with Gasteiger partial charge in [-0.25, -0.2) is 0 Å². The van der Waals surface area contributed by atoms with Gasteiger partial charge in [-0.1, -0.05) is 24.3 Å². The van der Waals surface area contributed by atoms with Crippen molar-refractivity contribution in [2.45, 2.75) is 12.8 Å². The van der Waals surface area contributed by atoms with Crippen molar-refractivity contribution in [1.29, 1.82) is 0 Å². The van der Waals surface area contributed by atoms with Crippen molar-refractivity contribution < 1.29 is 14.3 Å². The molecule has 128 valence electrons. The zero-order valence-corrected chi connectivity index (χ0v) is 14.1. The number of amides is 1. The Labute approximate surface area is 147 Å². The lowest BCUT2D eigenvalue weighted by molar-refractivity contribution is -0.120. The summed E-state index contributed by atoms with van der Waals surface area (Å²) >= 11 is 0. The molecule has 2 aromatic rings. The summed E-state index contributed by atoms with van der Waals surface area (Å²) in [6.07, 6.45) is 6.55. The third-order valence-corrected chi connectivity index (χ3v) is 5.03. The summed E-state index contributed by atoms with van der Waals surface area (Å²) in [5, 5.41) is 3.03. The predicted molar refractivity (Wildman–Crippen MR) is 97.0 cm³/mol. The molecule has 4 rings (SSSR count). The van der Waals surface area contributed by atoms with Crippen LogP contribution in [0.5, 0.6) is 17.2 Å². The number of allylic oxidation sites excluding steroid dienone is 2. The minimum absolute atomic E-state index is 0.111. The largest absolute Gasteiger partial charge is 0.493 e. The number of anilines is 1. The van der Waals surface area contributed by atoms with Gasteiger partial charge in [-0.05, 0) is 61.1 Å². The maximum atomic E-state index is 12.5. The topological polar surface area (TPSA) is 47.6 Å². The lowest BCUT2D eigenvalue weighted by atomic mass is 9.93. The monoisotopic (exact) mass is 335 g/mol. The van der Waals surface area contributed by atoms with Crippen LogP contribution in [0.15, 0.2) is 60.7 Å². The molecule has 25 heavy (non-hydrogen) atoms. The van der Waals surface area contributed by atoms with Crippen LogP contribution in [-0.2, 0) is 4.79 Å². The zero-order valence-electron chi connectivity index (χ0n) is 14.1. The number of carbonyl (C=O) groups is 1. The first kappa shape index (κ1) is 15.8. The number of hydrogen-bond donors (Lipinski definition) is 1. The Kier molecular flexibility index (Phi) is 4.18. The Morgan fingerprint density at radius 2 is 1.76 bits per heavy atom. The summed E-state index contributed by atoms with van der Waals surface area (Å²) in [7, 11) is 1.62. The van der Waals surface area contributed by atoms with E-state index >= 15 is 0 Å². The second-order valence-corrected chi connectivity index (χ2v) is 6.65. The molecule has 0 aliphatic heterocycles. The average Bonchev–Trinajstić information content (AvgIpc) is 3.27. The van der Waals surface area contributed by atoms with Gasteiger partial charge in [0.15, 0.2) is 11.5 Å². The van der Waals surface area contributed by atoms with Crippen LogP contribution in [0.3, 0.4) is 0 Å². The third-order valence-electron chi connectivity index (χ3n) is 5.03. The molecule has 1 fully saturated rings. The molecule has 0 unspecified atom stereocenters. The molecule has 0 aromatic heterocycles. The molecule has 1 amide bonds. The maximum absolute atomic E-state index is 12.5. The molecule has 0 heterocycles. The molecule has 2 aliphatic rings. The molecule has 0 spiro atoms. The lowest BCUT2D eigenvalue weighted by Crippen LogP contribution is -2.25. The molecule has 4 nitrogen and oxygen atoms in total. The van der Waals surface area contributed by atoms with E-state index in [0.29, 0.717) is 29.1 Å². The molecule has 3 atom stereocenters. The molecule has 2 bridgehead atoms. The highest BCUT2D eigenvalue weighted by molar-refractivity contribution is 5.93. The van der Waals surface area contributed by atoms with Crippen molar-refractivity contribution in [3.05, 3.63) is 60.7 Å². The summed E-state index contributed by atoms with van der Waals surface area (Å²) in [6.45, 7) is 0. The Bertz CT molecular complexity index is 797. The standard InChI is InChI=1S/C21H21NO3/c1-24-19-4-2-3-5-20(19)25-17-10-8-16(9-11-17)22-21(23)18-13-14-6-7-15(18)12-14/h2-11,14-15,18H,12-13H2,1H3,(H,22,23)/t14-,15-,18+/m0/s1. The van der Waals surface area contributed by atoms with Crippen molar-refractivity contribution in [2.24, 2.45) is 17.8 Å². The highest BCUT2D eigenvalue weighted by Crippen LogP contribution is 2.43. The van der Waals surface area contributed by atoms with E-state index in [1.807, 2.05) is 48.5 Å². The highest BCUT2D eigenvalue weighted by Gasteiger charge is 2.39. The van der Waals surface area contributed by atoms with Gasteiger partial charge in [-0.2, -0.15) is 0 Å². The Morgan fingerprint density at radius 1 is 1.00 bits per heavy atom. The second kappa shape index (κ2) is 6.63. The van der Waals surface area contributed by atoms with Gasteiger partial charge in [0.1, 0.15) is 5.75 Å². The minimum atomic E-state index is 0.111. The fourth-order valence-corrected chi connectivity index (χ4v) is 3.75. The summed E-state index contributed by atoms with van der Waals surface area (Å²) in [4.78, 5) is 12.5. The van der Waals surface area contributed by atoms with Gasteiger partial charge in [0.25, 0.3) is 0 Å². The van der Waals surface area contributed by atoms with Crippen LogP contribution in [0.25, 0.3) is 0 Å². The van der Waals surface area contributed by atoms with E-state index in [1.165, 1.54) is 0 Å². The van der Waals surface area contributed by atoms with Gasteiger partial charge in [0.05, 0.1) is 7.11 Å². The van der Waals surface area contributed by atoms with Gasteiger partial charge in [0.2, 0.25) is 5.91 Å². The number of carbonyl (C=O) groups excluding carboxylic acids is 1. The van der Waals surface area contributed by atoms with Gasteiger partial charge in [-0.15, -0.1) is 0 Å². The number of ether oxygens (including phenoxy) is 2. The fraction of sp³-hybridized carbons (Fsp3) is 0.286. The van der Waals surface area contributed by atoms with E-state index in [4.69, 9.17) is 9.47 Å². The molecule has 1 N–H and O–H groups in total. The van der Waals surface area contributed by atoms with Crippen LogP contribution >= 0.6 is 0 Å². The summed E-state index contributed by atoms with van der Waals surface area (Å²) < 4.78 is 11.1. The molecule has 1 saturated carbocycles. The average molecular weight is 335 g/mol. The van der Waals surface area contributed by atoms with Crippen LogP contribution in [0.2, 0.25) is 0 Å². The first-order chi connectivity index (χ1) is 12.2. The van der Waals surface area contributed by atoms with Crippen molar-refractivity contribution >= 4 is 11.6 Å². The molecular weight excluding hydrogens is 314 g/mol. The molecule has 0 radical (unpaired) electrons. The zero-order chi connectivity index (χ0) is 17.2. The first-order valence-electron chi connectivity index (χ1n) is 8.63. The van der Waals surface area contributed by atoms with Gasteiger partial charge in [-0.3, -0.25) is 4.79 Å². The number of benzene rings is 2. The van der Waals surface area contributed by atoms with Crippen LogP contribution < -0.4 is 14.8 Å². The third kappa shape index (κ3) is 3.25. The molecule has 2 aliphatic carbocycles. The number of nitrogens with one attached hydrogen (secondary N) is 1. The van der Waals surface area contributed by atoms with E-state index in [-0.39, 0.29) is 11.8 Å². The van der Waals surface area contributed by atoms with Crippen molar-refractivity contribution in [3.8, 4) is 17.2 Å². The van der Waals surface area contributed by atoms with Crippen LogP contribution in [0.1, 0.15) is 12.8 Å². The quantitative estimate of drug-likeness (QED) is 0.810. The smallest absolute Gasteiger partial charge is 0.228 e. The van der Waals surface area contributed by atoms with Crippen LogP contribution in [0, 0.1) is 17.8 Å². The maximum Gasteiger partial charge on any atom is 0.228 e. The number of rotatable bonds is 5. The van der Waals surface area contributed by atoms with Gasteiger partial charge in [0, 0.05) is 11.6 Å². The Morgan fingerprint density at radius 3 is 2.40 bits per heavy atom. The van der Waals surface area contributed by atoms with E-state index in [9.17, 15) is 4.79 Å². The van der Waals surface area contributed by atoms with E-state index < -0.39 is 0 Å². The number of hydrogen-bond acceptors (Lipinski definition) is 3. The molecule has 4 heteroatoms. The van der Waals surface area contributed by atoms with Crippen molar-refractivity contribution in [1.82, 2.24) is 0 Å². The highest BCUT2D eigenvalue weighted by atomic mass is 16.5. The summed E-state index contributed by atoms with van der Waals surface area (Å²) in [5.74, 6) is 3.29. The molecular formula is C21H21NO3. The summed E-state index contributed by atoms with van der Waals surface area (Å²) in [6, 6.07) is 14.9. The van der Waals surface area contributed by atoms with Crippen molar-refractivity contribution in [2.75, 3.05) is 12.4 Å². The van der Waals surface area contributed by atoms with Crippen LogP contribution in [-0.4, -0.2) is 13.0 Å². The summed E-state index contributed by atoms with van der Waals surface area (Å²) in [5.41, 5.74) is 0.795. The Balaban J connectivity index is 1.40. The predicted octanol–water partition coefficient (Wildman–Crippen LogP) is 4.64. The minimum Gasteiger partial charge on any atom is -0.493 e. The van der Waals surface area contributed by atoms with Gasteiger partial charge >= 0.3 is 0 Å². The molecule has 0 saturated heterocycles. The molecule has 2 aromatic carbocycles.